The Morgan fingerprint density at radius 3 is 2.54 bits per heavy atom. The Hall–Kier alpha value is -2.85. The predicted octanol–water partition coefficient (Wildman–Crippen LogP) is 5.16. The van der Waals surface area contributed by atoms with E-state index in [4.69, 9.17) is 16.1 Å². The summed E-state index contributed by atoms with van der Waals surface area (Å²) < 4.78 is 7.32. The number of imidazole rings is 1. The summed E-state index contributed by atoms with van der Waals surface area (Å²) in [6, 6.07) is 17.6. The highest BCUT2D eigenvalue weighted by Crippen LogP contribution is 2.33. The highest BCUT2D eigenvalue weighted by molar-refractivity contribution is 6.32. The van der Waals surface area contributed by atoms with E-state index in [1.165, 1.54) is 0 Å². The number of para-hydroxylation sites is 1. The molecule has 0 fully saturated rings. The zero-order valence-corrected chi connectivity index (χ0v) is 13.7. The van der Waals surface area contributed by atoms with Crippen LogP contribution in [0.25, 0.3) is 28.2 Å². The zero-order valence-electron chi connectivity index (χ0n) is 13.0. The molecule has 0 saturated carbocycles. The fourth-order valence-electron chi connectivity index (χ4n) is 2.71. The Labute approximate surface area is 144 Å². The van der Waals surface area contributed by atoms with Gasteiger partial charge in [0.1, 0.15) is 11.5 Å². The number of halogens is 1. The summed E-state index contributed by atoms with van der Waals surface area (Å²) in [5.74, 6) is 0.735. The van der Waals surface area contributed by atoms with Crippen molar-refractivity contribution in [2.75, 3.05) is 0 Å². The zero-order chi connectivity index (χ0) is 16.5. The maximum atomic E-state index is 6.27. The first-order valence-electron chi connectivity index (χ1n) is 7.55. The van der Waals surface area contributed by atoms with Crippen molar-refractivity contribution in [3.05, 3.63) is 77.9 Å². The molecule has 2 heterocycles. The average Bonchev–Trinajstić information content (AvgIpc) is 3.22. The Bertz CT molecular complexity index is 989. The number of benzene rings is 2. The third-order valence-corrected chi connectivity index (χ3v) is 4.20. The van der Waals surface area contributed by atoms with Crippen molar-refractivity contribution in [1.82, 2.24) is 14.7 Å². The van der Waals surface area contributed by atoms with Crippen LogP contribution in [0.4, 0.5) is 0 Å². The quantitative estimate of drug-likeness (QED) is 0.519. The van der Waals surface area contributed by atoms with Crippen LogP contribution in [0.5, 0.6) is 0 Å². The van der Waals surface area contributed by atoms with Gasteiger partial charge in [-0.1, -0.05) is 59.2 Å². The van der Waals surface area contributed by atoms with Gasteiger partial charge in [-0.3, -0.25) is 0 Å². The topological polar surface area (TPSA) is 43.9 Å². The number of hydrogen-bond donors (Lipinski definition) is 0. The summed E-state index contributed by atoms with van der Waals surface area (Å²) in [5.41, 5.74) is 4.36. The van der Waals surface area contributed by atoms with Gasteiger partial charge in [0.2, 0.25) is 0 Å². The van der Waals surface area contributed by atoms with Gasteiger partial charge < -0.3 is 9.09 Å². The molecule has 0 bridgehead atoms. The van der Waals surface area contributed by atoms with Crippen LogP contribution in [0, 0.1) is 6.92 Å². The van der Waals surface area contributed by atoms with E-state index in [1.807, 2.05) is 72.3 Å². The van der Waals surface area contributed by atoms with Gasteiger partial charge in [-0.25, -0.2) is 4.98 Å². The molecule has 0 amide bonds. The third kappa shape index (κ3) is 2.51. The van der Waals surface area contributed by atoms with E-state index < -0.39 is 0 Å². The molecule has 0 aliphatic carbocycles. The molecule has 4 nitrogen and oxygen atoms in total. The molecule has 4 aromatic rings. The molecule has 0 radical (unpaired) electrons. The second-order valence-electron chi connectivity index (χ2n) is 5.45. The van der Waals surface area contributed by atoms with Crippen molar-refractivity contribution in [3.8, 4) is 28.2 Å². The lowest BCUT2D eigenvalue weighted by molar-refractivity contribution is 0.400. The summed E-state index contributed by atoms with van der Waals surface area (Å²) in [5, 5.41) is 4.88. The molecule has 0 spiro atoms. The molecule has 118 valence electrons. The molecule has 2 aromatic carbocycles. The lowest BCUT2D eigenvalue weighted by Gasteiger charge is -2.03. The molecular formula is C19H14ClN3O. The molecule has 0 atom stereocenters. The summed E-state index contributed by atoms with van der Waals surface area (Å²) in [7, 11) is 0. The molecule has 0 N–H and O–H groups in total. The van der Waals surface area contributed by atoms with Crippen LogP contribution in [0.15, 0.2) is 71.6 Å². The van der Waals surface area contributed by atoms with Gasteiger partial charge in [-0.15, -0.1) is 0 Å². The average molecular weight is 336 g/mol. The van der Waals surface area contributed by atoms with Gasteiger partial charge in [0.25, 0.3) is 0 Å². The van der Waals surface area contributed by atoms with Gasteiger partial charge >= 0.3 is 0 Å². The second-order valence-corrected chi connectivity index (χ2v) is 5.85. The fourth-order valence-corrected chi connectivity index (χ4v) is 2.94. The number of aromatic nitrogens is 3. The molecule has 0 saturated heterocycles. The van der Waals surface area contributed by atoms with Gasteiger partial charge in [-0.2, -0.15) is 0 Å². The maximum Gasteiger partial charge on any atom is 0.143 e. The first-order valence-corrected chi connectivity index (χ1v) is 7.93. The van der Waals surface area contributed by atoms with Crippen molar-refractivity contribution in [1.29, 1.82) is 0 Å². The van der Waals surface area contributed by atoms with Crippen molar-refractivity contribution in [2.24, 2.45) is 0 Å². The molecule has 0 aliphatic heterocycles. The third-order valence-electron chi connectivity index (χ3n) is 3.88. The monoisotopic (exact) mass is 335 g/mol. The first-order chi connectivity index (χ1) is 11.7. The minimum atomic E-state index is 0.673. The van der Waals surface area contributed by atoms with Crippen LogP contribution >= 0.6 is 11.6 Å². The summed E-state index contributed by atoms with van der Waals surface area (Å²) >= 11 is 6.27. The predicted molar refractivity (Wildman–Crippen MR) is 94.2 cm³/mol. The van der Waals surface area contributed by atoms with Crippen molar-refractivity contribution >= 4 is 11.6 Å². The number of rotatable bonds is 3. The molecule has 24 heavy (non-hydrogen) atoms. The van der Waals surface area contributed by atoms with E-state index in [0.717, 1.165) is 34.0 Å². The van der Waals surface area contributed by atoms with Crippen molar-refractivity contribution in [3.63, 3.8) is 0 Å². The lowest BCUT2D eigenvalue weighted by Crippen LogP contribution is -1.90. The van der Waals surface area contributed by atoms with Crippen LogP contribution in [0.3, 0.4) is 0 Å². The Kier molecular flexibility index (Phi) is 3.67. The second kappa shape index (κ2) is 5.98. The van der Waals surface area contributed by atoms with E-state index in [-0.39, 0.29) is 0 Å². The lowest BCUT2D eigenvalue weighted by atomic mass is 10.0. The Morgan fingerprint density at radius 1 is 1.00 bits per heavy atom. The highest BCUT2D eigenvalue weighted by atomic mass is 35.5. The number of nitrogens with zero attached hydrogens (tertiary/aromatic N) is 3. The molecule has 4 rings (SSSR count). The van der Waals surface area contributed by atoms with E-state index in [9.17, 15) is 0 Å². The van der Waals surface area contributed by atoms with E-state index >= 15 is 0 Å². The van der Waals surface area contributed by atoms with Crippen molar-refractivity contribution in [2.45, 2.75) is 6.92 Å². The molecule has 0 unspecified atom stereocenters. The van der Waals surface area contributed by atoms with Gasteiger partial charge in [0.05, 0.1) is 28.3 Å². The first kappa shape index (κ1) is 14.7. The minimum absolute atomic E-state index is 0.673. The molecule has 2 aromatic heterocycles. The van der Waals surface area contributed by atoms with E-state index in [0.29, 0.717) is 5.02 Å². The SMILES string of the molecule is Cc1onc(-c2ccccc2)c1-c1cn(-c2ccccc2Cl)cn1. The highest BCUT2D eigenvalue weighted by Gasteiger charge is 2.19. The van der Waals surface area contributed by atoms with Crippen LogP contribution in [0.2, 0.25) is 5.02 Å². The smallest absolute Gasteiger partial charge is 0.143 e. The van der Waals surface area contributed by atoms with Crippen LogP contribution in [0.1, 0.15) is 5.76 Å². The largest absolute Gasteiger partial charge is 0.360 e. The molecular weight excluding hydrogens is 322 g/mol. The summed E-state index contributed by atoms with van der Waals surface area (Å²) in [6.45, 7) is 1.89. The van der Waals surface area contributed by atoms with Crippen LogP contribution in [-0.2, 0) is 0 Å². The normalized spacial score (nSPS) is 10.9. The van der Waals surface area contributed by atoms with Gasteiger partial charge in [0.15, 0.2) is 0 Å². The Balaban J connectivity index is 1.82. The van der Waals surface area contributed by atoms with Crippen molar-refractivity contribution < 1.29 is 4.52 Å². The molecule has 0 aliphatic rings. The van der Waals surface area contributed by atoms with Gasteiger partial charge in [0, 0.05) is 11.8 Å². The summed E-state index contributed by atoms with van der Waals surface area (Å²) in [4.78, 5) is 4.53. The minimum Gasteiger partial charge on any atom is -0.360 e. The van der Waals surface area contributed by atoms with Crippen LogP contribution < -0.4 is 0 Å². The number of hydrogen-bond acceptors (Lipinski definition) is 3. The summed E-state index contributed by atoms with van der Waals surface area (Å²) in [6.07, 6.45) is 3.69. The fraction of sp³-hybridized carbons (Fsp3) is 0.0526. The van der Waals surface area contributed by atoms with E-state index in [2.05, 4.69) is 10.1 Å². The molecule has 5 heteroatoms. The maximum absolute atomic E-state index is 6.27. The van der Waals surface area contributed by atoms with E-state index in [1.54, 1.807) is 6.33 Å². The number of aryl methyl sites for hydroxylation is 1. The standard InChI is InChI=1S/C19H14ClN3O/c1-13-18(19(22-24-13)14-7-3-2-4-8-14)16-11-23(12-21-16)17-10-6-5-9-15(17)20/h2-12H,1H3. The van der Waals surface area contributed by atoms with Crippen LogP contribution in [-0.4, -0.2) is 14.7 Å². The Morgan fingerprint density at radius 2 is 1.75 bits per heavy atom. The van der Waals surface area contributed by atoms with Gasteiger partial charge in [-0.05, 0) is 19.1 Å².